The van der Waals surface area contributed by atoms with Crippen LogP contribution in [0.5, 0.6) is 0 Å². The second-order valence-electron chi connectivity index (χ2n) is 5.85. The van der Waals surface area contributed by atoms with E-state index in [1.807, 2.05) is 42.6 Å². The Morgan fingerprint density at radius 2 is 2.09 bits per heavy atom. The Morgan fingerprint density at radius 1 is 1.26 bits per heavy atom. The molecule has 0 aliphatic carbocycles. The number of nitriles is 1. The smallest absolute Gasteiger partial charge is 0.263 e. The Kier molecular flexibility index (Phi) is 2.95. The number of carbonyl (C=O) groups excluding carboxylic acids is 1. The SMILES string of the molecule is N#CN1CCC2(CNc3cc(-c4ccccc4)cnc3N2)C1=O. The Hall–Kier alpha value is -3.07. The molecule has 1 atom stereocenters. The summed E-state index contributed by atoms with van der Waals surface area (Å²) in [6.45, 7) is 0.901. The molecule has 4 rings (SSSR count). The van der Waals surface area contributed by atoms with Gasteiger partial charge in [-0.1, -0.05) is 30.3 Å². The van der Waals surface area contributed by atoms with Crippen LogP contribution in [0.15, 0.2) is 42.6 Å². The van der Waals surface area contributed by atoms with Crippen molar-refractivity contribution in [3.63, 3.8) is 0 Å². The van der Waals surface area contributed by atoms with E-state index in [1.165, 1.54) is 4.90 Å². The average molecular weight is 305 g/mol. The summed E-state index contributed by atoms with van der Waals surface area (Å²) in [6, 6.07) is 12.1. The van der Waals surface area contributed by atoms with E-state index >= 15 is 0 Å². The number of rotatable bonds is 1. The van der Waals surface area contributed by atoms with E-state index in [9.17, 15) is 4.79 Å². The van der Waals surface area contributed by atoms with Gasteiger partial charge in [0.25, 0.3) is 5.91 Å². The minimum Gasteiger partial charge on any atom is -0.379 e. The number of pyridine rings is 1. The zero-order chi connectivity index (χ0) is 15.9. The van der Waals surface area contributed by atoms with Crippen molar-refractivity contribution in [1.82, 2.24) is 9.88 Å². The topological polar surface area (TPSA) is 81.1 Å². The first-order valence-corrected chi connectivity index (χ1v) is 7.51. The fourth-order valence-electron chi connectivity index (χ4n) is 3.15. The molecule has 114 valence electrons. The summed E-state index contributed by atoms with van der Waals surface area (Å²) >= 11 is 0. The van der Waals surface area contributed by atoms with Crippen LogP contribution in [0.3, 0.4) is 0 Å². The third-order valence-corrected chi connectivity index (χ3v) is 4.47. The summed E-state index contributed by atoms with van der Waals surface area (Å²) < 4.78 is 0. The third kappa shape index (κ3) is 2.09. The molecule has 0 radical (unpaired) electrons. The molecule has 6 heteroatoms. The fourth-order valence-corrected chi connectivity index (χ4v) is 3.15. The van der Waals surface area contributed by atoms with Crippen molar-refractivity contribution in [2.75, 3.05) is 23.7 Å². The van der Waals surface area contributed by atoms with Crippen molar-refractivity contribution < 1.29 is 4.79 Å². The molecule has 2 aliphatic heterocycles. The Balaban J connectivity index is 1.65. The van der Waals surface area contributed by atoms with E-state index in [2.05, 4.69) is 15.6 Å². The minimum absolute atomic E-state index is 0.188. The molecule has 2 aromatic rings. The van der Waals surface area contributed by atoms with Gasteiger partial charge in [-0.05, 0) is 11.6 Å². The first-order valence-electron chi connectivity index (χ1n) is 7.51. The second kappa shape index (κ2) is 4.99. The van der Waals surface area contributed by atoms with Crippen molar-refractivity contribution in [1.29, 1.82) is 5.26 Å². The number of aromatic nitrogens is 1. The number of hydrogen-bond donors (Lipinski definition) is 2. The van der Waals surface area contributed by atoms with Gasteiger partial charge in [-0.3, -0.25) is 4.79 Å². The van der Waals surface area contributed by atoms with E-state index in [-0.39, 0.29) is 5.91 Å². The molecule has 1 saturated heterocycles. The third-order valence-electron chi connectivity index (χ3n) is 4.47. The van der Waals surface area contributed by atoms with Gasteiger partial charge in [0.1, 0.15) is 11.4 Å². The van der Waals surface area contributed by atoms with Gasteiger partial charge >= 0.3 is 0 Å². The first-order chi connectivity index (χ1) is 11.2. The predicted molar refractivity (Wildman–Crippen MR) is 86.5 cm³/mol. The molecule has 1 unspecified atom stereocenters. The van der Waals surface area contributed by atoms with Crippen molar-refractivity contribution >= 4 is 17.4 Å². The lowest BCUT2D eigenvalue weighted by atomic mass is 9.95. The molecular weight excluding hydrogens is 290 g/mol. The molecule has 1 fully saturated rings. The number of carbonyl (C=O) groups is 1. The molecule has 1 aromatic carbocycles. The number of hydrogen-bond acceptors (Lipinski definition) is 5. The van der Waals surface area contributed by atoms with Crippen LogP contribution in [0, 0.1) is 11.5 Å². The van der Waals surface area contributed by atoms with Crippen LogP contribution in [0.2, 0.25) is 0 Å². The molecule has 1 aromatic heterocycles. The molecule has 1 spiro atoms. The summed E-state index contributed by atoms with van der Waals surface area (Å²) in [5.41, 5.74) is 2.23. The van der Waals surface area contributed by atoms with Crippen LogP contribution in [0.25, 0.3) is 11.1 Å². The molecule has 0 bridgehead atoms. The molecule has 23 heavy (non-hydrogen) atoms. The number of fused-ring (bicyclic) bond motifs is 1. The largest absolute Gasteiger partial charge is 0.379 e. The molecule has 2 N–H and O–H groups in total. The van der Waals surface area contributed by atoms with Crippen molar-refractivity contribution in [2.24, 2.45) is 0 Å². The van der Waals surface area contributed by atoms with Gasteiger partial charge in [0.15, 0.2) is 6.19 Å². The zero-order valence-electron chi connectivity index (χ0n) is 12.4. The van der Waals surface area contributed by atoms with Crippen LogP contribution in [0.4, 0.5) is 11.5 Å². The lowest BCUT2D eigenvalue weighted by molar-refractivity contribution is -0.128. The first kappa shape index (κ1) is 13.6. The summed E-state index contributed by atoms with van der Waals surface area (Å²) in [7, 11) is 0. The number of nitrogens with zero attached hydrogens (tertiary/aromatic N) is 3. The van der Waals surface area contributed by atoms with Gasteiger partial charge in [-0.15, -0.1) is 0 Å². The Labute approximate surface area is 133 Å². The minimum atomic E-state index is -0.760. The number of benzene rings is 1. The summed E-state index contributed by atoms with van der Waals surface area (Å²) in [4.78, 5) is 18.1. The van der Waals surface area contributed by atoms with E-state index in [4.69, 9.17) is 5.26 Å². The maximum atomic E-state index is 12.4. The average Bonchev–Trinajstić information content (AvgIpc) is 2.91. The highest BCUT2D eigenvalue weighted by atomic mass is 16.2. The quantitative estimate of drug-likeness (QED) is 0.788. The number of nitrogens with one attached hydrogen (secondary N) is 2. The molecule has 2 aliphatic rings. The molecule has 6 nitrogen and oxygen atoms in total. The number of anilines is 2. The molecule has 0 saturated carbocycles. The monoisotopic (exact) mass is 305 g/mol. The Morgan fingerprint density at radius 3 is 2.83 bits per heavy atom. The van der Waals surface area contributed by atoms with E-state index in [0.717, 1.165) is 16.8 Å². The van der Waals surface area contributed by atoms with Crippen LogP contribution in [-0.4, -0.2) is 34.4 Å². The van der Waals surface area contributed by atoms with Crippen LogP contribution in [-0.2, 0) is 4.79 Å². The number of likely N-dealkylation sites (tertiary alicyclic amines) is 1. The van der Waals surface area contributed by atoms with Gasteiger partial charge in [-0.2, -0.15) is 5.26 Å². The van der Waals surface area contributed by atoms with Crippen molar-refractivity contribution in [3.8, 4) is 17.3 Å². The predicted octanol–water partition coefficient (Wildman–Crippen LogP) is 2.04. The van der Waals surface area contributed by atoms with E-state index < -0.39 is 5.54 Å². The van der Waals surface area contributed by atoms with Crippen molar-refractivity contribution in [3.05, 3.63) is 42.6 Å². The van der Waals surface area contributed by atoms with Crippen LogP contribution in [0.1, 0.15) is 6.42 Å². The van der Waals surface area contributed by atoms with Gasteiger partial charge in [0.05, 0.1) is 5.69 Å². The van der Waals surface area contributed by atoms with Gasteiger partial charge in [0.2, 0.25) is 0 Å². The zero-order valence-corrected chi connectivity index (χ0v) is 12.4. The summed E-state index contributed by atoms with van der Waals surface area (Å²) in [5, 5.41) is 15.5. The molecule has 3 heterocycles. The normalized spacial score (nSPS) is 22.2. The van der Waals surface area contributed by atoms with E-state index in [1.54, 1.807) is 6.20 Å². The van der Waals surface area contributed by atoms with Gasteiger partial charge in [-0.25, -0.2) is 9.88 Å². The summed E-state index contributed by atoms with van der Waals surface area (Å²) in [6.07, 6.45) is 4.32. The second-order valence-corrected chi connectivity index (χ2v) is 5.85. The van der Waals surface area contributed by atoms with Crippen LogP contribution >= 0.6 is 0 Å². The van der Waals surface area contributed by atoms with Crippen LogP contribution < -0.4 is 10.6 Å². The maximum Gasteiger partial charge on any atom is 0.263 e. The maximum absolute atomic E-state index is 12.4. The molecular formula is C17H15N5O. The van der Waals surface area contributed by atoms with Crippen molar-refractivity contribution in [2.45, 2.75) is 12.0 Å². The Bertz CT molecular complexity index is 813. The molecule has 1 amide bonds. The fraction of sp³-hybridized carbons (Fsp3) is 0.235. The van der Waals surface area contributed by atoms with Gasteiger partial charge < -0.3 is 10.6 Å². The van der Waals surface area contributed by atoms with Gasteiger partial charge in [0, 0.05) is 31.3 Å². The van der Waals surface area contributed by atoms with E-state index in [0.29, 0.717) is 25.3 Å². The highest BCUT2D eigenvalue weighted by Gasteiger charge is 2.49. The lowest BCUT2D eigenvalue weighted by Crippen LogP contribution is -2.53. The standard InChI is InChI=1S/C17H15N5O/c18-11-22-7-6-17(16(22)23)10-20-14-8-13(9-19-15(14)21-17)12-4-2-1-3-5-12/h1-5,8-9,20H,6-7,10H2,(H,19,21). The highest BCUT2D eigenvalue weighted by Crippen LogP contribution is 2.36. The number of amides is 1. The highest BCUT2D eigenvalue weighted by molar-refractivity contribution is 5.95. The lowest BCUT2D eigenvalue weighted by Gasteiger charge is -2.34. The summed E-state index contributed by atoms with van der Waals surface area (Å²) in [5.74, 6) is 0.469.